The first kappa shape index (κ1) is 10.7. The van der Waals surface area contributed by atoms with Crippen LogP contribution in [0.2, 0.25) is 0 Å². The zero-order valence-corrected chi connectivity index (χ0v) is 10.2. The zero-order chi connectivity index (χ0) is 11.0. The first-order valence-corrected chi connectivity index (χ1v) is 6.08. The van der Waals surface area contributed by atoms with Gasteiger partial charge >= 0.3 is 0 Å². The lowest BCUT2D eigenvalue weighted by Crippen LogP contribution is -2.46. The highest BCUT2D eigenvalue weighted by Gasteiger charge is 2.32. The lowest BCUT2D eigenvalue weighted by atomic mass is 9.91. The Hall–Kier alpha value is -0.760. The fourth-order valence-electron chi connectivity index (χ4n) is 3.03. The normalized spacial score (nSPS) is 27.0. The molecule has 1 aromatic heterocycles. The van der Waals surface area contributed by atoms with Gasteiger partial charge in [0.15, 0.2) is 0 Å². The third-order valence-electron chi connectivity index (χ3n) is 3.70. The van der Waals surface area contributed by atoms with E-state index in [0.29, 0.717) is 18.1 Å². The molecule has 2 rings (SSSR count). The average molecular weight is 206 g/mol. The molecule has 15 heavy (non-hydrogen) atoms. The first-order valence-electron chi connectivity index (χ1n) is 6.08. The van der Waals surface area contributed by atoms with Crippen molar-refractivity contribution in [1.82, 2.24) is 9.88 Å². The van der Waals surface area contributed by atoms with E-state index < -0.39 is 0 Å². The second-order valence-electron chi connectivity index (χ2n) is 4.89. The van der Waals surface area contributed by atoms with E-state index in [1.54, 1.807) is 0 Å². The molecule has 0 spiro atoms. The standard InChI is InChI=1S/C13H22N2/c1-5-11-8-13-12(6-7-14-13)10(4)15(11)9(2)3/h6-7,9-11,14H,5,8H2,1-4H3/t10-,11-/m1/s1. The summed E-state index contributed by atoms with van der Waals surface area (Å²) in [6.07, 6.45) is 4.50. The van der Waals surface area contributed by atoms with Gasteiger partial charge in [-0.05, 0) is 38.8 Å². The van der Waals surface area contributed by atoms with E-state index in [9.17, 15) is 0 Å². The summed E-state index contributed by atoms with van der Waals surface area (Å²) in [5.41, 5.74) is 2.94. The van der Waals surface area contributed by atoms with Crippen molar-refractivity contribution in [1.29, 1.82) is 0 Å². The van der Waals surface area contributed by atoms with Gasteiger partial charge in [-0.3, -0.25) is 4.90 Å². The smallest absolute Gasteiger partial charge is 0.0343 e. The number of H-pyrrole nitrogens is 1. The molecule has 2 atom stereocenters. The van der Waals surface area contributed by atoms with Gasteiger partial charge in [0.05, 0.1) is 0 Å². The largest absolute Gasteiger partial charge is 0.365 e. The second-order valence-corrected chi connectivity index (χ2v) is 4.89. The average Bonchev–Trinajstić information content (AvgIpc) is 2.64. The SMILES string of the molecule is CC[C@@H]1Cc2[nH]ccc2[C@@H](C)N1C(C)C. The molecular weight excluding hydrogens is 184 g/mol. The van der Waals surface area contributed by atoms with Gasteiger partial charge in [0.1, 0.15) is 0 Å². The molecule has 2 heterocycles. The van der Waals surface area contributed by atoms with Crippen molar-refractivity contribution in [2.75, 3.05) is 0 Å². The van der Waals surface area contributed by atoms with Gasteiger partial charge in [-0.2, -0.15) is 0 Å². The molecule has 1 N–H and O–H groups in total. The number of hydrogen-bond donors (Lipinski definition) is 1. The monoisotopic (exact) mass is 206 g/mol. The molecule has 0 amide bonds. The molecule has 0 unspecified atom stereocenters. The van der Waals surface area contributed by atoms with Crippen LogP contribution in [0.4, 0.5) is 0 Å². The molecule has 0 aliphatic carbocycles. The molecule has 0 saturated heterocycles. The minimum Gasteiger partial charge on any atom is -0.365 e. The molecule has 1 aliphatic rings. The van der Waals surface area contributed by atoms with Crippen LogP contribution in [0.25, 0.3) is 0 Å². The van der Waals surface area contributed by atoms with Gasteiger partial charge in [-0.25, -0.2) is 0 Å². The Morgan fingerprint density at radius 2 is 2.27 bits per heavy atom. The quantitative estimate of drug-likeness (QED) is 0.787. The van der Waals surface area contributed by atoms with Crippen LogP contribution in [0.15, 0.2) is 12.3 Å². The Bertz CT molecular complexity index is 327. The van der Waals surface area contributed by atoms with Gasteiger partial charge < -0.3 is 4.98 Å². The summed E-state index contributed by atoms with van der Waals surface area (Å²) in [6.45, 7) is 9.23. The summed E-state index contributed by atoms with van der Waals surface area (Å²) >= 11 is 0. The fraction of sp³-hybridized carbons (Fsp3) is 0.692. The van der Waals surface area contributed by atoms with Crippen molar-refractivity contribution in [3.63, 3.8) is 0 Å². The van der Waals surface area contributed by atoms with E-state index in [-0.39, 0.29) is 0 Å². The Morgan fingerprint density at radius 1 is 1.53 bits per heavy atom. The number of aromatic nitrogens is 1. The Labute approximate surface area is 92.7 Å². The summed E-state index contributed by atoms with van der Waals surface area (Å²) < 4.78 is 0. The maximum atomic E-state index is 3.39. The summed E-state index contributed by atoms with van der Waals surface area (Å²) in [7, 11) is 0. The second kappa shape index (κ2) is 4.01. The number of hydrogen-bond acceptors (Lipinski definition) is 1. The van der Waals surface area contributed by atoms with Gasteiger partial charge in [0.2, 0.25) is 0 Å². The van der Waals surface area contributed by atoms with E-state index in [0.717, 1.165) is 0 Å². The van der Waals surface area contributed by atoms with Crippen LogP contribution < -0.4 is 0 Å². The highest BCUT2D eigenvalue weighted by atomic mass is 15.2. The van der Waals surface area contributed by atoms with Crippen LogP contribution in [-0.4, -0.2) is 22.0 Å². The maximum absolute atomic E-state index is 3.39. The van der Waals surface area contributed by atoms with Crippen LogP contribution in [0.3, 0.4) is 0 Å². The highest BCUT2D eigenvalue weighted by Crippen LogP contribution is 2.34. The lowest BCUT2D eigenvalue weighted by molar-refractivity contribution is 0.0863. The number of fused-ring (bicyclic) bond motifs is 1. The molecule has 0 radical (unpaired) electrons. The number of nitrogens with zero attached hydrogens (tertiary/aromatic N) is 1. The number of aromatic amines is 1. The van der Waals surface area contributed by atoms with E-state index in [2.05, 4.69) is 49.8 Å². The van der Waals surface area contributed by atoms with Crippen molar-refractivity contribution in [3.8, 4) is 0 Å². The summed E-state index contributed by atoms with van der Waals surface area (Å²) in [5, 5.41) is 0. The van der Waals surface area contributed by atoms with Crippen LogP contribution in [0.5, 0.6) is 0 Å². The molecule has 1 aliphatic heterocycles. The van der Waals surface area contributed by atoms with Gasteiger partial charge in [-0.1, -0.05) is 6.92 Å². The van der Waals surface area contributed by atoms with E-state index in [1.807, 2.05) is 0 Å². The predicted octanol–water partition coefficient (Wildman–Crippen LogP) is 3.12. The Kier molecular flexibility index (Phi) is 2.87. The van der Waals surface area contributed by atoms with Crippen molar-refractivity contribution < 1.29 is 0 Å². The van der Waals surface area contributed by atoms with Crippen LogP contribution in [-0.2, 0) is 6.42 Å². The predicted molar refractivity (Wildman–Crippen MR) is 64.0 cm³/mol. The minimum atomic E-state index is 0.560. The van der Waals surface area contributed by atoms with Crippen LogP contribution >= 0.6 is 0 Å². The fourth-order valence-corrected chi connectivity index (χ4v) is 3.03. The molecule has 0 bridgehead atoms. The molecule has 0 aromatic carbocycles. The van der Waals surface area contributed by atoms with Crippen molar-refractivity contribution >= 4 is 0 Å². The van der Waals surface area contributed by atoms with Gasteiger partial charge in [0, 0.05) is 36.4 Å². The Morgan fingerprint density at radius 3 is 2.87 bits per heavy atom. The minimum absolute atomic E-state index is 0.560. The molecule has 0 fully saturated rings. The number of nitrogens with one attached hydrogen (secondary N) is 1. The number of rotatable bonds is 2. The molecule has 2 heteroatoms. The topological polar surface area (TPSA) is 19.0 Å². The molecular formula is C13H22N2. The van der Waals surface area contributed by atoms with Gasteiger partial charge in [-0.15, -0.1) is 0 Å². The highest BCUT2D eigenvalue weighted by molar-refractivity contribution is 5.28. The van der Waals surface area contributed by atoms with Crippen LogP contribution in [0, 0.1) is 0 Å². The van der Waals surface area contributed by atoms with Crippen molar-refractivity contribution in [2.45, 2.75) is 58.7 Å². The zero-order valence-electron chi connectivity index (χ0n) is 10.2. The molecule has 1 aromatic rings. The van der Waals surface area contributed by atoms with Crippen molar-refractivity contribution in [2.24, 2.45) is 0 Å². The summed E-state index contributed by atoms with van der Waals surface area (Å²) in [6, 6.07) is 4.13. The molecule has 84 valence electrons. The lowest BCUT2D eigenvalue weighted by Gasteiger charge is -2.43. The van der Waals surface area contributed by atoms with E-state index in [1.165, 1.54) is 24.1 Å². The van der Waals surface area contributed by atoms with Gasteiger partial charge in [0.25, 0.3) is 0 Å². The summed E-state index contributed by atoms with van der Waals surface area (Å²) in [5.74, 6) is 0. The van der Waals surface area contributed by atoms with Crippen molar-refractivity contribution in [3.05, 3.63) is 23.5 Å². The summed E-state index contributed by atoms with van der Waals surface area (Å²) in [4.78, 5) is 6.03. The van der Waals surface area contributed by atoms with E-state index >= 15 is 0 Å². The molecule has 2 nitrogen and oxygen atoms in total. The Balaban J connectivity index is 2.33. The third-order valence-corrected chi connectivity index (χ3v) is 3.70. The maximum Gasteiger partial charge on any atom is 0.0343 e. The van der Waals surface area contributed by atoms with E-state index in [4.69, 9.17) is 0 Å². The van der Waals surface area contributed by atoms with Crippen LogP contribution in [0.1, 0.15) is 51.4 Å². The molecule has 0 saturated carbocycles. The first-order chi connectivity index (χ1) is 7.15. The third kappa shape index (κ3) is 1.71.